The van der Waals surface area contributed by atoms with Gasteiger partial charge in [0, 0.05) is 6.20 Å². The van der Waals surface area contributed by atoms with Crippen molar-refractivity contribution >= 4 is 0 Å². The molecule has 0 bridgehead atoms. The van der Waals surface area contributed by atoms with Gasteiger partial charge in [0.15, 0.2) is 0 Å². The van der Waals surface area contributed by atoms with Crippen LogP contribution < -0.4 is 11.2 Å². The van der Waals surface area contributed by atoms with Crippen molar-refractivity contribution in [3.63, 3.8) is 0 Å². The number of aromatic amines is 1. The van der Waals surface area contributed by atoms with Crippen molar-refractivity contribution in [2.45, 2.75) is 13.8 Å². The van der Waals surface area contributed by atoms with Crippen LogP contribution in [0.2, 0.25) is 0 Å². The number of hydrogen-bond acceptors (Lipinski definition) is 3. The third-order valence-electron chi connectivity index (χ3n) is 2.83. The van der Waals surface area contributed by atoms with Gasteiger partial charge in [-0.15, -0.1) is 0 Å². The van der Waals surface area contributed by atoms with E-state index in [0.717, 1.165) is 11.1 Å². The summed E-state index contributed by atoms with van der Waals surface area (Å²) in [5.41, 5.74) is 1.45. The molecule has 5 nitrogen and oxygen atoms in total. The van der Waals surface area contributed by atoms with Crippen LogP contribution in [0.1, 0.15) is 16.7 Å². The maximum absolute atomic E-state index is 11.7. The van der Waals surface area contributed by atoms with E-state index in [0.29, 0.717) is 5.69 Å². The predicted octanol–water partition coefficient (Wildman–Crippen LogP) is 1.01. The summed E-state index contributed by atoms with van der Waals surface area (Å²) in [5, 5.41) is 8.79. The first-order chi connectivity index (χ1) is 8.52. The van der Waals surface area contributed by atoms with Crippen LogP contribution in [0.3, 0.4) is 0 Å². The van der Waals surface area contributed by atoms with Gasteiger partial charge in [-0.25, -0.2) is 4.79 Å². The van der Waals surface area contributed by atoms with Crippen LogP contribution in [0.4, 0.5) is 0 Å². The second-order valence-electron chi connectivity index (χ2n) is 4.05. The Hall–Kier alpha value is -2.61. The maximum Gasteiger partial charge on any atom is 0.332 e. The van der Waals surface area contributed by atoms with Crippen molar-refractivity contribution in [3.8, 4) is 11.8 Å². The van der Waals surface area contributed by atoms with Crippen LogP contribution in [0.25, 0.3) is 5.69 Å². The Morgan fingerprint density at radius 1 is 1.22 bits per heavy atom. The lowest BCUT2D eigenvalue weighted by Crippen LogP contribution is -2.30. The molecule has 2 rings (SSSR count). The molecular weight excluding hydrogens is 230 g/mol. The zero-order valence-electron chi connectivity index (χ0n) is 10.0. The molecule has 0 amide bonds. The van der Waals surface area contributed by atoms with Gasteiger partial charge in [0.25, 0.3) is 5.56 Å². The fourth-order valence-corrected chi connectivity index (χ4v) is 1.62. The fraction of sp³-hybridized carbons (Fsp3) is 0.154. The highest BCUT2D eigenvalue weighted by Gasteiger charge is 2.06. The third-order valence-corrected chi connectivity index (χ3v) is 2.83. The van der Waals surface area contributed by atoms with Gasteiger partial charge in [0.1, 0.15) is 11.6 Å². The molecule has 0 aliphatic heterocycles. The van der Waals surface area contributed by atoms with E-state index < -0.39 is 11.2 Å². The number of nitriles is 1. The molecular formula is C13H11N3O2. The van der Waals surface area contributed by atoms with Gasteiger partial charge in [-0.05, 0) is 37.1 Å². The SMILES string of the molecule is Cc1ccc(-n2cc(C#N)c(=O)[nH]c2=O)cc1C. The van der Waals surface area contributed by atoms with Crippen molar-refractivity contribution in [3.05, 3.63) is 61.9 Å². The highest BCUT2D eigenvalue weighted by molar-refractivity contribution is 5.40. The lowest BCUT2D eigenvalue weighted by atomic mass is 10.1. The van der Waals surface area contributed by atoms with Crippen LogP contribution in [-0.4, -0.2) is 9.55 Å². The van der Waals surface area contributed by atoms with Gasteiger partial charge in [-0.1, -0.05) is 6.07 Å². The van der Waals surface area contributed by atoms with Crippen LogP contribution in [-0.2, 0) is 0 Å². The van der Waals surface area contributed by atoms with Crippen molar-refractivity contribution in [1.29, 1.82) is 5.26 Å². The summed E-state index contributed by atoms with van der Waals surface area (Å²) in [6.07, 6.45) is 1.26. The number of hydrogen-bond donors (Lipinski definition) is 1. The summed E-state index contributed by atoms with van der Waals surface area (Å²) in [7, 11) is 0. The van der Waals surface area contributed by atoms with Gasteiger partial charge in [-0.2, -0.15) is 5.26 Å². The molecule has 1 aromatic heterocycles. The van der Waals surface area contributed by atoms with E-state index >= 15 is 0 Å². The predicted molar refractivity (Wildman–Crippen MR) is 66.8 cm³/mol. The second kappa shape index (κ2) is 4.34. The lowest BCUT2D eigenvalue weighted by molar-refractivity contribution is 0.887. The average Bonchev–Trinajstić information content (AvgIpc) is 2.33. The molecule has 2 aromatic rings. The molecule has 1 aromatic carbocycles. The number of H-pyrrole nitrogens is 1. The topological polar surface area (TPSA) is 78.7 Å². The van der Waals surface area contributed by atoms with Crippen LogP contribution in [0.5, 0.6) is 0 Å². The number of nitrogens with one attached hydrogen (secondary N) is 1. The van der Waals surface area contributed by atoms with Gasteiger partial charge in [0.05, 0.1) is 5.69 Å². The minimum absolute atomic E-state index is 0.0900. The molecule has 0 saturated carbocycles. The largest absolute Gasteiger partial charge is 0.332 e. The summed E-state index contributed by atoms with van der Waals surface area (Å²) in [6.45, 7) is 3.90. The lowest BCUT2D eigenvalue weighted by Gasteiger charge is -2.07. The number of aromatic nitrogens is 2. The Morgan fingerprint density at radius 2 is 1.94 bits per heavy atom. The number of nitrogens with zero attached hydrogens (tertiary/aromatic N) is 2. The quantitative estimate of drug-likeness (QED) is 0.809. The molecule has 1 N–H and O–H groups in total. The van der Waals surface area contributed by atoms with Gasteiger partial charge >= 0.3 is 5.69 Å². The zero-order valence-corrected chi connectivity index (χ0v) is 10.0. The minimum atomic E-state index is -0.664. The van der Waals surface area contributed by atoms with Crippen LogP contribution in [0.15, 0.2) is 34.0 Å². The van der Waals surface area contributed by atoms with E-state index in [4.69, 9.17) is 5.26 Å². The molecule has 18 heavy (non-hydrogen) atoms. The van der Waals surface area contributed by atoms with Gasteiger partial charge in [-0.3, -0.25) is 14.3 Å². The Kier molecular flexibility index (Phi) is 2.86. The van der Waals surface area contributed by atoms with Gasteiger partial charge < -0.3 is 0 Å². The smallest absolute Gasteiger partial charge is 0.273 e. The third kappa shape index (κ3) is 1.96. The highest BCUT2D eigenvalue weighted by Crippen LogP contribution is 2.12. The molecule has 5 heteroatoms. The Balaban J connectivity index is 2.72. The first-order valence-electron chi connectivity index (χ1n) is 5.36. The van der Waals surface area contributed by atoms with Crippen molar-refractivity contribution < 1.29 is 0 Å². The van der Waals surface area contributed by atoms with E-state index in [1.807, 2.05) is 26.0 Å². The van der Waals surface area contributed by atoms with Crippen LogP contribution in [0, 0.1) is 25.2 Å². The van der Waals surface area contributed by atoms with E-state index in [1.165, 1.54) is 10.8 Å². The number of rotatable bonds is 1. The summed E-state index contributed by atoms with van der Waals surface area (Å²) >= 11 is 0. The molecule has 90 valence electrons. The molecule has 0 spiro atoms. The minimum Gasteiger partial charge on any atom is -0.273 e. The van der Waals surface area contributed by atoms with E-state index in [2.05, 4.69) is 4.98 Å². The van der Waals surface area contributed by atoms with Crippen molar-refractivity contribution in [2.75, 3.05) is 0 Å². The first-order valence-corrected chi connectivity index (χ1v) is 5.36. The van der Waals surface area contributed by atoms with Gasteiger partial charge in [0.2, 0.25) is 0 Å². The average molecular weight is 241 g/mol. The van der Waals surface area contributed by atoms with E-state index in [9.17, 15) is 9.59 Å². The van der Waals surface area contributed by atoms with Crippen molar-refractivity contribution in [2.24, 2.45) is 0 Å². The molecule has 0 radical (unpaired) electrons. The summed E-state index contributed by atoms with van der Waals surface area (Å²) in [5.74, 6) is 0. The molecule has 0 aliphatic rings. The molecule has 0 saturated heterocycles. The first kappa shape index (κ1) is 11.9. The summed E-state index contributed by atoms with van der Waals surface area (Å²) < 4.78 is 1.26. The molecule has 0 unspecified atom stereocenters. The molecule has 0 aliphatic carbocycles. The summed E-state index contributed by atoms with van der Waals surface area (Å²) in [6, 6.07) is 7.23. The number of benzene rings is 1. The zero-order chi connectivity index (χ0) is 13.3. The van der Waals surface area contributed by atoms with Crippen molar-refractivity contribution in [1.82, 2.24) is 9.55 Å². The standard InChI is InChI=1S/C13H11N3O2/c1-8-3-4-11(5-9(8)2)16-7-10(6-14)12(17)15-13(16)18/h3-5,7H,1-2H3,(H,15,17,18). The number of aryl methyl sites for hydroxylation is 2. The van der Waals surface area contributed by atoms with Crippen LogP contribution >= 0.6 is 0 Å². The fourth-order valence-electron chi connectivity index (χ4n) is 1.62. The monoisotopic (exact) mass is 241 g/mol. The highest BCUT2D eigenvalue weighted by atomic mass is 16.2. The van der Waals surface area contributed by atoms with E-state index in [-0.39, 0.29) is 5.56 Å². The second-order valence-corrected chi connectivity index (χ2v) is 4.05. The molecule has 0 fully saturated rings. The summed E-state index contributed by atoms with van der Waals surface area (Å²) in [4.78, 5) is 25.1. The Morgan fingerprint density at radius 3 is 2.56 bits per heavy atom. The molecule has 1 heterocycles. The normalized spacial score (nSPS) is 10.1. The molecule has 0 atom stereocenters. The maximum atomic E-state index is 11.7. The Labute approximate surface area is 103 Å². The Bertz CT molecular complexity index is 763. The van der Waals surface area contributed by atoms with E-state index in [1.54, 1.807) is 12.1 Å².